The van der Waals surface area contributed by atoms with E-state index in [-0.39, 0.29) is 5.92 Å². The van der Waals surface area contributed by atoms with E-state index in [1.54, 1.807) is 21.3 Å². The van der Waals surface area contributed by atoms with E-state index in [9.17, 15) is 0 Å². The molecule has 0 fully saturated rings. The Labute approximate surface area is 94.3 Å². The molecular weight excluding hydrogens is 206 g/mol. The molecule has 4 nitrogen and oxygen atoms in total. The van der Waals surface area contributed by atoms with Gasteiger partial charge in [-0.1, -0.05) is 0 Å². The maximum Gasteiger partial charge on any atom is 0.203 e. The van der Waals surface area contributed by atoms with Gasteiger partial charge in [-0.15, -0.1) is 0 Å². The third-order valence-electron chi connectivity index (χ3n) is 2.91. The van der Waals surface area contributed by atoms with E-state index in [4.69, 9.17) is 19.5 Å². The molecule has 0 saturated heterocycles. The van der Waals surface area contributed by atoms with E-state index in [1.165, 1.54) is 0 Å². The van der Waals surface area contributed by atoms with Gasteiger partial charge in [-0.05, 0) is 18.1 Å². The highest BCUT2D eigenvalue weighted by Gasteiger charge is 2.33. The molecule has 0 aromatic heterocycles. The summed E-state index contributed by atoms with van der Waals surface area (Å²) in [6, 6.07) is 4.10. The van der Waals surface area contributed by atoms with Gasteiger partial charge in [-0.25, -0.2) is 0 Å². The van der Waals surface area contributed by atoms with Crippen molar-refractivity contribution in [2.45, 2.75) is 12.3 Å². The molecule has 1 aromatic carbocycles. The molecule has 1 aromatic rings. The zero-order chi connectivity index (χ0) is 11.7. The molecule has 1 aliphatic rings. The Morgan fingerprint density at radius 3 is 2.38 bits per heavy atom. The normalized spacial score (nSPS) is 16.8. The quantitative estimate of drug-likeness (QED) is 0.778. The second-order valence-electron chi connectivity index (χ2n) is 3.60. The lowest BCUT2D eigenvalue weighted by Crippen LogP contribution is -2.17. The fourth-order valence-corrected chi connectivity index (χ4v) is 2.05. The highest BCUT2D eigenvalue weighted by atomic mass is 16.5. The van der Waals surface area contributed by atoms with Crippen molar-refractivity contribution in [1.82, 2.24) is 0 Å². The summed E-state index contributed by atoms with van der Waals surface area (Å²) in [5, 5.41) is 8.92. The minimum absolute atomic E-state index is 0.0521. The van der Waals surface area contributed by atoms with Crippen LogP contribution in [0.2, 0.25) is 0 Å². The van der Waals surface area contributed by atoms with Crippen molar-refractivity contribution in [3.05, 3.63) is 17.2 Å². The molecule has 1 unspecified atom stereocenters. The van der Waals surface area contributed by atoms with Gasteiger partial charge < -0.3 is 14.2 Å². The minimum atomic E-state index is -0.0521. The summed E-state index contributed by atoms with van der Waals surface area (Å²) in [7, 11) is 4.74. The number of hydrogen-bond donors (Lipinski definition) is 0. The zero-order valence-electron chi connectivity index (χ0n) is 9.53. The standard InChI is InChI=1S/C12H13NO3/c1-14-10-5-8-7(6-13)4-9(8)11(15-2)12(10)16-3/h5,7H,4H2,1-3H3. The fourth-order valence-electron chi connectivity index (χ4n) is 2.05. The predicted molar refractivity (Wildman–Crippen MR) is 58.2 cm³/mol. The second kappa shape index (κ2) is 3.93. The van der Waals surface area contributed by atoms with Crippen LogP contribution in [-0.2, 0) is 6.42 Å². The van der Waals surface area contributed by atoms with Crippen LogP contribution in [0, 0.1) is 11.3 Å². The smallest absolute Gasteiger partial charge is 0.203 e. The van der Waals surface area contributed by atoms with E-state index < -0.39 is 0 Å². The molecule has 16 heavy (non-hydrogen) atoms. The van der Waals surface area contributed by atoms with Crippen LogP contribution < -0.4 is 14.2 Å². The number of nitriles is 1. The van der Waals surface area contributed by atoms with E-state index in [1.807, 2.05) is 6.07 Å². The van der Waals surface area contributed by atoms with Gasteiger partial charge in [-0.3, -0.25) is 0 Å². The van der Waals surface area contributed by atoms with Gasteiger partial charge >= 0.3 is 0 Å². The third-order valence-corrected chi connectivity index (χ3v) is 2.91. The summed E-state index contributed by atoms with van der Waals surface area (Å²) >= 11 is 0. The second-order valence-corrected chi connectivity index (χ2v) is 3.60. The van der Waals surface area contributed by atoms with Crippen LogP contribution in [0.15, 0.2) is 6.07 Å². The van der Waals surface area contributed by atoms with Gasteiger partial charge in [0.15, 0.2) is 11.5 Å². The van der Waals surface area contributed by atoms with Crippen LogP contribution in [0.5, 0.6) is 17.2 Å². The zero-order valence-corrected chi connectivity index (χ0v) is 9.53. The van der Waals surface area contributed by atoms with Crippen LogP contribution in [0.1, 0.15) is 17.0 Å². The number of hydrogen-bond acceptors (Lipinski definition) is 4. The van der Waals surface area contributed by atoms with Gasteiger partial charge in [0.2, 0.25) is 5.75 Å². The van der Waals surface area contributed by atoms with Gasteiger partial charge in [0.1, 0.15) is 0 Å². The van der Waals surface area contributed by atoms with Crippen molar-refractivity contribution in [2.75, 3.05) is 21.3 Å². The van der Waals surface area contributed by atoms with Gasteiger partial charge in [0.25, 0.3) is 0 Å². The molecule has 0 amide bonds. The topological polar surface area (TPSA) is 51.5 Å². The molecule has 0 spiro atoms. The maximum atomic E-state index is 8.92. The highest BCUT2D eigenvalue weighted by Crippen LogP contribution is 2.50. The first kappa shape index (κ1) is 10.6. The average molecular weight is 219 g/mol. The molecule has 0 saturated carbocycles. The molecule has 0 bridgehead atoms. The number of fused-ring (bicyclic) bond motifs is 1. The Balaban J connectivity index is 2.59. The minimum Gasteiger partial charge on any atom is -0.493 e. The molecular formula is C12H13NO3. The fraction of sp³-hybridized carbons (Fsp3) is 0.417. The lowest BCUT2D eigenvalue weighted by atomic mass is 9.77. The number of ether oxygens (including phenoxy) is 3. The lowest BCUT2D eigenvalue weighted by Gasteiger charge is -2.28. The molecule has 0 heterocycles. The monoisotopic (exact) mass is 219 g/mol. The largest absolute Gasteiger partial charge is 0.493 e. The molecule has 1 atom stereocenters. The third kappa shape index (κ3) is 1.28. The molecule has 4 heteroatoms. The van der Waals surface area contributed by atoms with E-state index in [2.05, 4.69) is 6.07 Å². The Morgan fingerprint density at radius 2 is 1.88 bits per heavy atom. The molecule has 84 valence electrons. The van der Waals surface area contributed by atoms with Gasteiger partial charge in [0, 0.05) is 5.56 Å². The van der Waals surface area contributed by atoms with Crippen molar-refractivity contribution in [2.24, 2.45) is 0 Å². The van der Waals surface area contributed by atoms with E-state index in [0.717, 1.165) is 17.5 Å². The molecule has 1 aliphatic carbocycles. The summed E-state index contributed by atoms with van der Waals surface area (Å²) in [6.45, 7) is 0. The molecule has 0 aliphatic heterocycles. The highest BCUT2D eigenvalue weighted by molar-refractivity contribution is 5.64. The Bertz CT molecular complexity index is 462. The average Bonchev–Trinajstić information content (AvgIpc) is 2.29. The van der Waals surface area contributed by atoms with Crippen LogP contribution in [0.3, 0.4) is 0 Å². The SMILES string of the molecule is COc1cc2c(c(OC)c1OC)CC2C#N. The van der Waals surface area contributed by atoms with E-state index in [0.29, 0.717) is 17.2 Å². The summed E-state index contributed by atoms with van der Waals surface area (Å²) in [5.74, 6) is 1.84. The van der Waals surface area contributed by atoms with Crippen LogP contribution in [-0.4, -0.2) is 21.3 Å². The van der Waals surface area contributed by atoms with E-state index >= 15 is 0 Å². The van der Waals surface area contributed by atoms with Crippen molar-refractivity contribution < 1.29 is 14.2 Å². The molecule has 2 rings (SSSR count). The summed E-state index contributed by atoms with van der Waals surface area (Å²) in [6.07, 6.45) is 0.718. The van der Waals surface area contributed by atoms with Crippen molar-refractivity contribution >= 4 is 0 Å². The molecule has 0 N–H and O–H groups in total. The Hall–Kier alpha value is -1.89. The number of rotatable bonds is 3. The lowest BCUT2D eigenvalue weighted by molar-refractivity contribution is 0.318. The Morgan fingerprint density at radius 1 is 1.19 bits per heavy atom. The van der Waals surface area contributed by atoms with Crippen LogP contribution in [0.4, 0.5) is 0 Å². The first-order valence-electron chi connectivity index (χ1n) is 4.98. The number of methoxy groups -OCH3 is 3. The first-order valence-corrected chi connectivity index (χ1v) is 4.98. The van der Waals surface area contributed by atoms with Crippen molar-refractivity contribution in [3.8, 4) is 23.3 Å². The molecule has 0 radical (unpaired) electrons. The maximum absolute atomic E-state index is 8.92. The van der Waals surface area contributed by atoms with Crippen LogP contribution in [0.25, 0.3) is 0 Å². The van der Waals surface area contributed by atoms with Gasteiger partial charge in [-0.2, -0.15) is 5.26 Å². The summed E-state index contributed by atoms with van der Waals surface area (Å²) in [4.78, 5) is 0. The van der Waals surface area contributed by atoms with Crippen LogP contribution >= 0.6 is 0 Å². The number of benzene rings is 1. The Kier molecular flexibility index (Phi) is 2.61. The van der Waals surface area contributed by atoms with Gasteiger partial charge in [0.05, 0.1) is 33.3 Å². The number of nitrogens with zero attached hydrogens (tertiary/aromatic N) is 1. The summed E-state index contributed by atoms with van der Waals surface area (Å²) in [5.41, 5.74) is 2.03. The van der Waals surface area contributed by atoms with Crippen molar-refractivity contribution in [3.63, 3.8) is 0 Å². The summed E-state index contributed by atoms with van der Waals surface area (Å²) < 4.78 is 15.8. The first-order chi connectivity index (χ1) is 7.76. The van der Waals surface area contributed by atoms with Crippen molar-refractivity contribution in [1.29, 1.82) is 5.26 Å². The predicted octanol–water partition coefficient (Wildman–Crippen LogP) is 1.88.